The summed E-state index contributed by atoms with van der Waals surface area (Å²) in [6.45, 7) is 5.80. The van der Waals surface area contributed by atoms with E-state index in [2.05, 4.69) is 0 Å². The first kappa shape index (κ1) is 16.2. The summed E-state index contributed by atoms with van der Waals surface area (Å²) in [5, 5.41) is 0. The maximum atomic E-state index is 12.1. The summed E-state index contributed by atoms with van der Waals surface area (Å²) < 4.78 is 5.22. The fraction of sp³-hybridized carbons (Fsp3) is 0.471. The number of imide groups is 1. The molecule has 2 amide bonds. The summed E-state index contributed by atoms with van der Waals surface area (Å²) in [5.74, 6) is -0.759. The number of nitrogens with zero attached hydrogens (tertiary/aromatic N) is 1. The number of esters is 1. The van der Waals surface area contributed by atoms with E-state index in [1.807, 2.05) is 20.8 Å². The summed E-state index contributed by atoms with van der Waals surface area (Å²) in [6, 6.07) is 6.82. The molecule has 0 saturated heterocycles. The normalized spacial score (nSPS) is 14.2. The third-order valence-electron chi connectivity index (χ3n) is 3.31. The predicted molar refractivity (Wildman–Crippen MR) is 81.5 cm³/mol. The average Bonchev–Trinajstić information content (AvgIpc) is 2.67. The smallest absolute Gasteiger partial charge is 0.306 e. The molecule has 0 N–H and O–H groups in total. The third kappa shape index (κ3) is 3.72. The molecule has 0 bridgehead atoms. The molecule has 0 aliphatic carbocycles. The van der Waals surface area contributed by atoms with Crippen molar-refractivity contribution < 1.29 is 19.1 Å². The van der Waals surface area contributed by atoms with Crippen molar-refractivity contribution in [1.82, 2.24) is 4.90 Å². The molecule has 1 aliphatic heterocycles. The number of unbranched alkanes of at least 4 members (excludes halogenated alkanes) is 1. The SMILES string of the molecule is CC(C)(C)OC(=O)CCCCN1C(=O)c2ccccc2C1=O. The molecule has 0 radical (unpaired) electrons. The van der Waals surface area contributed by atoms with E-state index in [9.17, 15) is 14.4 Å². The van der Waals surface area contributed by atoms with E-state index in [0.29, 0.717) is 36.9 Å². The van der Waals surface area contributed by atoms with Crippen molar-refractivity contribution in [3.63, 3.8) is 0 Å². The van der Waals surface area contributed by atoms with E-state index in [1.165, 1.54) is 4.90 Å². The summed E-state index contributed by atoms with van der Waals surface area (Å²) in [6.07, 6.45) is 1.47. The summed E-state index contributed by atoms with van der Waals surface area (Å²) in [4.78, 5) is 37.1. The third-order valence-corrected chi connectivity index (χ3v) is 3.31. The predicted octanol–water partition coefficient (Wildman–Crippen LogP) is 2.79. The Morgan fingerprint density at radius 2 is 1.59 bits per heavy atom. The van der Waals surface area contributed by atoms with Gasteiger partial charge in [-0.3, -0.25) is 19.3 Å². The minimum Gasteiger partial charge on any atom is -0.460 e. The van der Waals surface area contributed by atoms with Crippen LogP contribution in [0.15, 0.2) is 24.3 Å². The van der Waals surface area contributed by atoms with Crippen molar-refractivity contribution >= 4 is 17.8 Å². The number of carbonyl (C=O) groups is 3. The van der Waals surface area contributed by atoms with E-state index >= 15 is 0 Å². The molecule has 2 rings (SSSR count). The number of hydrogen-bond donors (Lipinski definition) is 0. The number of amides is 2. The fourth-order valence-electron chi connectivity index (χ4n) is 2.37. The molecular formula is C17H21NO4. The van der Waals surface area contributed by atoms with Crippen molar-refractivity contribution in [3.8, 4) is 0 Å². The van der Waals surface area contributed by atoms with Crippen molar-refractivity contribution in [2.75, 3.05) is 6.54 Å². The van der Waals surface area contributed by atoms with Gasteiger partial charge in [-0.15, -0.1) is 0 Å². The van der Waals surface area contributed by atoms with Gasteiger partial charge in [0.1, 0.15) is 5.60 Å². The van der Waals surface area contributed by atoms with Gasteiger partial charge in [-0.05, 0) is 45.7 Å². The second kappa shape index (κ2) is 6.30. The van der Waals surface area contributed by atoms with Gasteiger partial charge in [0.2, 0.25) is 0 Å². The van der Waals surface area contributed by atoms with E-state index < -0.39 is 5.60 Å². The molecule has 22 heavy (non-hydrogen) atoms. The van der Waals surface area contributed by atoms with Gasteiger partial charge in [-0.25, -0.2) is 0 Å². The lowest BCUT2D eigenvalue weighted by Gasteiger charge is -2.19. The topological polar surface area (TPSA) is 63.7 Å². The van der Waals surface area contributed by atoms with Crippen molar-refractivity contribution in [1.29, 1.82) is 0 Å². The lowest BCUT2D eigenvalue weighted by Crippen LogP contribution is -2.30. The van der Waals surface area contributed by atoms with Gasteiger partial charge < -0.3 is 4.74 Å². The molecule has 1 aromatic rings. The fourth-order valence-corrected chi connectivity index (χ4v) is 2.37. The van der Waals surface area contributed by atoms with Crippen LogP contribution >= 0.6 is 0 Å². The first-order valence-electron chi connectivity index (χ1n) is 7.46. The van der Waals surface area contributed by atoms with Gasteiger partial charge in [0, 0.05) is 13.0 Å². The molecule has 5 nitrogen and oxygen atoms in total. The molecule has 1 aromatic carbocycles. The highest BCUT2D eigenvalue weighted by Crippen LogP contribution is 2.22. The van der Waals surface area contributed by atoms with Crippen molar-refractivity contribution in [2.45, 2.75) is 45.6 Å². The van der Waals surface area contributed by atoms with Crippen LogP contribution in [-0.4, -0.2) is 34.8 Å². The maximum absolute atomic E-state index is 12.1. The van der Waals surface area contributed by atoms with Crippen LogP contribution in [0.5, 0.6) is 0 Å². The Bertz CT molecular complexity index is 566. The highest BCUT2D eigenvalue weighted by molar-refractivity contribution is 6.21. The number of rotatable bonds is 5. The second-order valence-electron chi connectivity index (χ2n) is 6.35. The molecule has 1 aliphatic rings. The average molecular weight is 303 g/mol. The first-order chi connectivity index (χ1) is 10.3. The lowest BCUT2D eigenvalue weighted by molar-refractivity contribution is -0.154. The zero-order valence-electron chi connectivity index (χ0n) is 13.2. The molecule has 0 spiro atoms. The Labute approximate surface area is 130 Å². The highest BCUT2D eigenvalue weighted by Gasteiger charge is 2.34. The van der Waals surface area contributed by atoms with Crippen LogP contribution in [0.25, 0.3) is 0 Å². The Morgan fingerprint density at radius 1 is 1.05 bits per heavy atom. The molecular weight excluding hydrogens is 282 g/mol. The van der Waals surface area contributed by atoms with Gasteiger partial charge in [0.25, 0.3) is 11.8 Å². The summed E-state index contributed by atoms with van der Waals surface area (Å²) in [7, 11) is 0. The molecule has 5 heteroatoms. The molecule has 0 saturated carbocycles. The quantitative estimate of drug-likeness (QED) is 0.476. The number of hydrogen-bond acceptors (Lipinski definition) is 4. The van der Waals surface area contributed by atoms with Gasteiger partial charge in [-0.2, -0.15) is 0 Å². The largest absolute Gasteiger partial charge is 0.460 e. The van der Waals surface area contributed by atoms with Gasteiger partial charge in [0.15, 0.2) is 0 Å². The first-order valence-corrected chi connectivity index (χ1v) is 7.46. The Morgan fingerprint density at radius 3 is 2.09 bits per heavy atom. The standard InChI is InChI=1S/C17H21NO4/c1-17(2,3)22-14(19)10-6-7-11-18-15(20)12-8-4-5-9-13(12)16(18)21/h4-5,8-9H,6-7,10-11H2,1-3H3. The highest BCUT2D eigenvalue weighted by atomic mass is 16.6. The van der Waals surface area contributed by atoms with Crippen LogP contribution in [0.3, 0.4) is 0 Å². The minimum atomic E-state index is -0.486. The lowest BCUT2D eigenvalue weighted by atomic mass is 10.1. The number of carbonyl (C=O) groups excluding carboxylic acids is 3. The minimum absolute atomic E-state index is 0.252. The van der Waals surface area contributed by atoms with E-state index in [0.717, 1.165) is 0 Å². The molecule has 0 unspecified atom stereocenters. The van der Waals surface area contributed by atoms with Crippen LogP contribution < -0.4 is 0 Å². The summed E-state index contributed by atoms with van der Waals surface area (Å²) >= 11 is 0. The molecule has 0 fully saturated rings. The second-order valence-corrected chi connectivity index (χ2v) is 6.35. The zero-order valence-corrected chi connectivity index (χ0v) is 13.2. The van der Waals surface area contributed by atoms with Crippen LogP contribution in [0, 0.1) is 0 Å². The maximum Gasteiger partial charge on any atom is 0.306 e. The monoisotopic (exact) mass is 303 g/mol. The summed E-state index contributed by atoms with van der Waals surface area (Å²) in [5.41, 5.74) is 0.430. The van der Waals surface area contributed by atoms with Gasteiger partial charge in [0.05, 0.1) is 11.1 Å². The molecule has 1 heterocycles. The van der Waals surface area contributed by atoms with Crippen LogP contribution in [0.2, 0.25) is 0 Å². The number of ether oxygens (including phenoxy) is 1. The van der Waals surface area contributed by atoms with E-state index in [4.69, 9.17) is 4.74 Å². The Hall–Kier alpha value is -2.17. The van der Waals surface area contributed by atoms with Crippen LogP contribution in [0.1, 0.15) is 60.7 Å². The van der Waals surface area contributed by atoms with Crippen LogP contribution in [0.4, 0.5) is 0 Å². The van der Waals surface area contributed by atoms with Gasteiger partial charge >= 0.3 is 5.97 Å². The number of benzene rings is 1. The van der Waals surface area contributed by atoms with Crippen LogP contribution in [-0.2, 0) is 9.53 Å². The Balaban J connectivity index is 1.81. The van der Waals surface area contributed by atoms with Crippen molar-refractivity contribution in [2.24, 2.45) is 0 Å². The van der Waals surface area contributed by atoms with E-state index in [1.54, 1.807) is 24.3 Å². The molecule has 118 valence electrons. The van der Waals surface area contributed by atoms with E-state index in [-0.39, 0.29) is 17.8 Å². The molecule has 0 atom stereocenters. The molecule has 0 aromatic heterocycles. The van der Waals surface area contributed by atoms with Crippen molar-refractivity contribution in [3.05, 3.63) is 35.4 Å². The van der Waals surface area contributed by atoms with Gasteiger partial charge in [-0.1, -0.05) is 12.1 Å². The number of fused-ring (bicyclic) bond motifs is 1. The Kier molecular flexibility index (Phi) is 4.64. The zero-order chi connectivity index (χ0) is 16.3.